The third kappa shape index (κ3) is 2.11. The molecule has 0 saturated carbocycles. The third-order valence-electron chi connectivity index (χ3n) is 3.40. The zero-order chi connectivity index (χ0) is 11.5. The average molecular weight is 227 g/mol. The fourth-order valence-corrected chi connectivity index (χ4v) is 2.50. The van der Waals surface area contributed by atoms with Crippen molar-refractivity contribution in [2.75, 3.05) is 13.1 Å². The molecule has 0 unspecified atom stereocenters. The molecule has 2 aromatic rings. The molecule has 0 aliphatic carbocycles. The van der Waals surface area contributed by atoms with E-state index >= 15 is 0 Å². The summed E-state index contributed by atoms with van der Waals surface area (Å²) >= 11 is 0. The Balaban J connectivity index is 1.93. The Hall–Kier alpha value is -1.61. The lowest BCUT2D eigenvalue weighted by Crippen LogP contribution is -2.29. The van der Waals surface area contributed by atoms with Crippen molar-refractivity contribution in [3.05, 3.63) is 42.7 Å². The molecule has 1 saturated heterocycles. The molecule has 0 radical (unpaired) electrons. The van der Waals surface area contributed by atoms with Crippen molar-refractivity contribution >= 4 is 0 Å². The highest BCUT2D eigenvalue weighted by Gasteiger charge is 2.17. The summed E-state index contributed by atoms with van der Waals surface area (Å²) in [4.78, 5) is 4.50. The van der Waals surface area contributed by atoms with E-state index in [9.17, 15) is 0 Å². The van der Waals surface area contributed by atoms with E-state index in [1.54, 1.807) is 0 Å². The van der Waals surface area contributed by atoms with E-state index in [0.717, 1.165) is 18.9 Å². The standard InChI is InChI=1S/C14H17N3/c1-2-4-12(5-3-1)14-16-10-11-17(14)13-6-8-15-9-7-13/h1-5,10-11,13,15H,6-9H2. The van der Waals surface area contributed by atoms with E-state index in [4.69, 9.17) is 0 Å². The zero-order valence-electron chi connectivity index (χ0n) is 9.84. The molecule has 1 aliphatic heterocycles. The maximum Gasteiger partial charge on any atom is 0.140 e. The van der Waals surface area contributed by atoms with Gasteiger partial charge in [-0.3, -0.25) is 0 Å². The van der Waals surface area contributed by atoms with Gasteiger partial charge in [0.05, 0.1) is 0 Å². The van der Waals surface area contributed by atoms with E-state index < -0.39 is 0 Å². The second-order valence-corrected chi connectivity index (χ2v) is 4.51. The highest BCUT2D eigenvalue weighted by Crippen LogP contribution is 2.25. The summed E-state index contributed by atoms with van der Waals surface area (Å²) in [6.07, 6.45) is 6.40. The molecule has 1 aromatic carbocycles. The Bertz CT molecular complexity index is 469. The lowest BCUT2D eigenvalue weighted by atomic mass is 10.1. The molecular formula is C14H17N3. The first-order chi connectivity index (χ1) is 8.45. The number of piperidine rings is 1. The van der Waals surface area contributed by atoms with Gasteiger partial charge < -0.3 is 9.88 Å². The fraction of sp³-hybridized carbons (Fsp3) is 0.357. The molecule has 88 valence electrons. The lowest BCUT2D eigenvalue weighted by molar-refractivity contribution is 0.370. The van der Waals surface area contributed by atoms with Crippen LogP contribution in [0.5, 0.6) is 0 Å². The number of benzene rings is 1. The van der Waals surface area contributed by atoms with Crippen LogP contribution < -0.4 is 5.32 Å². The van der Waals surface area contributed by atoms with Crippen LogP contribution in [-0.4, -0.2) is 22.6 Å². The summed E-state index contributed by atoms with van der Waals surface area (Å²) in [5.74, 6) is 1.09. The van der Waals surface area contributed by atoms with Crippen molar-refractivity contribution in [1.29, 1.82) is 0 Å². The zero-order valence-corrected chi connectivity index (χ0v) is 9.84. The van der Waals surface area contributed by atoms with Gasteiger partial charge in [-0.1, -0.05) is 30.3 Å². The Kier molecular flexibility index (Phi) is 2.92. The minimum atomic E-state index is 0.592. The molecule has 2 heterocycles. The van der Waals surface area contributed by atoms with Crippen LogP contribution in [0.25, 0.3) is 11.4 Å². The van der Waals surface area contributed by atoms with E-state index in [1.807, 2.05) is 12.3 Å². The molecule has 3 nitrogen and oxygen atoms in total. The summed E-state index contributed by atoms with van der Waals surface area (Å²) in [5.41, 5.74) is 1.20. The summed E-state index contributed by atoms with van der Waals surface area (Å²) in [6.45, 7) is 2.22. The Labute approximate surface area is 101 Å². The van der Waals surface area contributed by atoms with E-state index in [1.165, 1.54) is 18.4 Å². The van der Waals surface area contributed by atoms with Crippen LogP contribution in [0, 0.1) is 0 Å². The number of imidazole rings is 1. The van der Waals surface area contributed by atoms with Crippen molar-refractivity contribution in [2.45, 2.75) is 18.9 Å². The number of nitrogens with zero attached hydrogens (tertiary/aromatic N) is 2. The highest BCUT2D eigenvalue weighted by molar-refractivity contribution is 5.55. The van der Waals surface area contributed by atoms with Crippen molar-refractivity contribution < 1.29 is 0 Å². The van der Waals surface area contributed by atoms with Gasteiger partial charge in [0.2, 0.25) is 0 Å². The van der Waals surface area contributed by atoms with Gasteiger partial charge in [-0.25, -0.2) is 4.98 Å². The van der Waals surface area contributed by atoms with Crippen LogP contribution in [0.15, 0.2) is 42.7 Å². The SMILES string of the molecule is c1ccc(-c2nccn2C2CCNCC2)cc1. The van der Waals surface area contributed by atoms with Gasteiger partial charge in [0.15, 0.2) is 0 Å². The monoisotopic (exact) mass is 227 g/mol. The Morgan fingerprint density at radius 2 is 1.88 bits per heavy atom. The molecule has 0 bridgehead atoms. The molecule has 0 spiro atoms. The number of nitrogens with one attached hydrogen (secondary N) is 1. The molecule has 1 fully saturated rings. The second kappa shape index (κ2) is 4.72. The molecule has 17 heavy (non-hydrogen) atoms. The van der Waals surface area contributed by atoms with Crippen LogP contribution in [0.3, 0.4) is 0 Å². The van der Waals surface area contributed by atoms with Gasteiger partial charge in [-0.05, 0) is 25.9 Å². The molecule has 1 aliphatic rings. The van der Waals surface area contributed by atoms with Gasteiger partial charge in [-0.2, -0.15) is 0 Å². The smallest absolute Gasteiger partial charge is 0.140 e. The van der Waals surface area contributed by atoms with E-state index in [-0.39, 0.29) is 0 Å². The molecule has 3 heteroatoms. The minimum Gasteiger partial charge on any atom is -0.328 e. The third-order valence-corrected chi connectivity index (χ3v) is 3.40. The predicted molar refractivity (Wildman–Crippen MR) is 68.8 cm³/mol. The first-order valence-corrected chi connectivity index (χ1v) is 6.24. The van der Waals surface area contributed by atoms with Crippen molar-refractivity contribution in [3.63, 3.8) is 0 Å². The van der Waals surface area contributed by atoms with Crippen molar-refractivity contribution in [1.82, 2.24) is 14.9 Å². The molecular weight excluding hydrogens is 210 g/mol. The van der Waals surface area contributed by atoms with Crippen molar-refractivity contribution in [2.24, 2.45) is 0 Å². The first-order valence-electron chi connectivity index (χ1n) is 6.24. The average Bonchev–Trinajstić information content (AvgIpc) is 2.90. The normalized spacial score (nSPS) is 17.2. The van der Waals surface area contributed by atoms with Gasteiger partial charge >= 0.3 is 0 Å². The van der Waals surface area contributed by atoms with Crippen LogP contribution in [-0.2, 0) is 0 Å². The Morgan fingerprint density at radius 3 is 2.65 bits per heavy atom. The van der Waals surface area contributed by atoms with Crippen LogP contribution in [0.4, 0.5) is 0 Å². The summed E-state index contributed by atoms with van der Waals surface area (Å²) in [7, 11) is 0. The fourth-order valence-electron chi connectivity index (χ4n) is 2.50. The quantitative estimate of drug-likeness (QED) is 0.854. The van der Waals surface area contributed by atoms with Gasteiger partial charge in [-0.15, -0.1) is 0 Å². The molecule has 3 rings (SSSR count). The highest BCUT2D eigenvalue weighted by atomic mass is 15.1. The maximum atomic E-state index is 4.50. The molecule has 1 N–H and O–H groups in total. The lowest BCUT2D eigenvalue weighted by Gasteiger charge is -2.25. The molecule has 0 atom stereocenters. The van der Waals surface area contributed by atoms with Gasteiger partial charge in [0, 0.05) is 24.0 Å². The minimum absolute atomic E-state index is 0.592. The Morgan fingerprint density at radius 1 is 1.12 bits per heavy atom. The number of hydrogen-bond donors (Lipinski definition) is 1. The van der Waals surface area contributed by atoms with Crippen LogP contribution in [0.1, 0.15) is 18.9 Å². The summed E-state index contributed by atoms with van der Waals surface area (Å²) < 4.78 is 2.33. The van der Waals surface area contributed by atoms with E-state index in [2.05, 4.69) is 45.3 Å². The van der Waals surface area contributed by atoms with Crippen LogP contribution in [0.2, 0.25) is 0 Å². The largest absolute Gasteiger partial charge is 0.328 e. The summed E-state index contributed by atoms with van der Waals surface area (Å²) in [6, 6.07) is 11.0. The van der Waals surface area contributed by atoms with Crippen LogP contribution >= 0.6 is 0 Å². The first kappa shape index (κ1) is 10.5. The van der Waals surface area contributed by atoms with Gasteiger partial charge in [0.25, 0.3) is 0 Å². The topological polar surface area (TPSA) is 29.9 Å². The number of aromatic nitrogens is 2. The number of hydrogen-bond acceptors (Lipinski definition) is 2. The van der Waals surface area contributed by atoms with Crippen molar-refractivity contribution in [3.8, 4) is 11.4 Å². The summed E-state index contributed by atoms with van der Waals surface area (Å²) in [5, 5.41) is 3.40. The second-order valence-electron chi connectivity index (χ2n) is 4.51. The van der Waals surface area contributed by atoms with Gasteiger partial charge in [0.1, 0.15) is 5.82 Å². The molecule has 0 amide bonds. The predicted octanol–water partition coefficient (Wildman–Crippen LogP) is 2.47. The number of rotatable bonds is 2. The van der Waals surface area contributed by atoms with E-state index in [0.29, 0.717) is 6.04 Å². The maximum absolute atomic E-state index is 4.50. The molecule has 1 aromatic heterocycles.